The molecule has 2 N–H and O–H groups in total. The van der Waals surface area contributed by atoms with Gasteiger partial charge in [0.25, 0.3) is 0 Å². The Morgan fingerprint density at radius 2 is 2.14 bits per heavy atom. The number of nitro benzene ring substituents is 1. The van der Waals surface area contributed by atoms with E-state index in [4.69, 9.17) is 9.84 Å². The van der Waals surface area contributed by atoms with Gasteiger partial charge in [0, 0.05) is 17.7 Å². The molecule has 8 heteroatoms. The van der Waals surface area contributed by atoms with E-state index in [0.717, 1.165) is 18.6 Å². The number of benzene rings is 1. The highest BCUT2D eigenvalue weighted by molar-refractivity contribution is 5.65. The number of rotatable bonds is 8. The molecular weight excluding hydrogens is 295 g/mol. The molecule has 0 unspecified atom stereocenters. The van der Waals surface area contributed by atoms with E-state index in [9.17, 15) is 19.3 Å². The fourth-order valence-electron chi connectivity index (χ4n) is 1.94. The number of carbonyl (C=O) groups is 1. The third kappa shape index (κ3) is 5.94. The second kappa shape index (κ2) is 7.58. The zero-order chi connectivity index (χ0) is 16.8. The summed E-state index contributed by atoms with van der Waals surface area (Å²) >= 11 is 0. The van der Waals surface area contributed by atoms with E-state index in [0.29, 0.717) is 19.4 Å². The van der Waals surface area contributed by atoms with Gasteiger partial charge in [0.05, 0.1) is 11.5 Å². The Kier molecular flexibility index (Phi) is 6.09. The van der Waals surface area contributed by atoms with Crippen molar-refractivity contribution in [3.63, 3.8) is 0 Å². The zero-order valence-electron chi connectivity index (χ0n) is 12.5. The average molecular weight is 314 g/mol. The Labute approximate surface area is 127 Å². The standard InChI is InChI=1S/C14H19FN2O5/c1-14(2,16-13(18)19)7-3-4-8-22-10-5-6-12(17(20)21)11(15)9-10/h5-6,9,16H,3-4,7-8H2,1-2H3,(H,18,19). The van der Waals surface area contributed by atoms with Crippen molar-refractivity contribution >= 4 is 11.8 Å². The maximum Gasteiger partial charge on any atom is 0.405 e. The van der Waals surface area contributed by atoms with Gasteiger partial charge in [0.2, 0.25) is 5.82 Å². The first-order valence-corrected chi connectivity index (χ1v) is 6.79. The number of carboxylic acid groups (broad SMARTS) is 1. The lowest BCUT2D eigenvalue weighted by Crippen LogP contribution is -2.42. The van der Waals surface area contributed by atoms with Crippen LogP contribution in [-0.4, -0.2) is 28.3 Å². The van der Waals surface area contributed by atoms with Crippen molar-refractivity contribution < 1.29 is 24.0 Å². The Balaban J connectivity index is 2.35. The van der Waals surface area contributed by atoms with Crippen LogP contribution in [-0.2, 0) is 0 Å². The van der Waals surface area contributed by atoms with Crippen LogP contribution in [0.15, 0.2) is 18.2 Å². The third-order valence-electron chi connectivity index (χ3n) is 3.03. The van der Waals surface area contributed by atoms with Gasteiger partial charge >= 0.3 is 11.8 Å². The first-order chi connectivity index (χ1) is 10.2. The summed E-state index contributed by atoms with van der Waals surface area (Å²) in [5, 5.41) is 21.6. The molecule has 0 heterocycles. The Bertz CT molecular complexity index is 548. The molecule has 0 saturated heterocycles. The minimum absolute atomic E-state index is 0.228. The number of ether oxygens (including phenoxy) is 1. The van der Waals surface area contributed by atoms with Crippen molar-refractivity contribution in [3.05, 3.63) is 34.1 Å². The molecule has 7 nitrogen and oxygen atoms in total. The molecule has 1 aromatic carbocycles. The molecule has 0 aromatic heterocycles. The molecule has 0 spiro atoms. The van der Waals surface area contributed by atoms with Crippen LogP contribution < -0.4 is 10.1 Å². The summed E-state index contributed by atoms with van der Waals surface area (Å²) in [5.41, 5.74) is -1.11. The average Bonchev–Trinajstić information content (AvgIpc) is 2.36. The van der Waals surface area contributed by atoms with Crippen LogP contribution in [0.3, 0.4) is 0 Å². The molecular formula is C14H19FN2O5. The summed E-state index contributed by atoms with van der Waals surface area (Å²) < 4.78 is 18.7. The lowest BCUT2D eigenvalue weighted by molar-refractivity contribution is -0.387. The van der Waals surface area contributed by atoms with Crippen molar-refractivity contribution in [3.8, 4) is 5.75 Å². The normalized spacial score (nSPS) is 11.0. The Morgan fingerprint density at radius 1 is 1.45 bits per heavy atom. The molecule has 22 heavy (non-hydrogen) atoms. The van der Waals surface area contributed by atoms with Crippen LogP contribution in [0.4, 0.5) is 14.9 Å². The number of amides is 1. The molecule has 0 saturated carbocycles. The first kappa shape index (κ1) is 17.7. The van der Waals surface area contributed by atoms with Gasteiger partial charge in [0.1, 0.15) is 5.75 Å². The SMILES string of the molecule is CC(C)(CCCCOc1ccc([N+](=O)[O-])c(F)c1)NC(=O)O. The number of nitrogens with zero attached hydrogens (tertiary/aromatic N) is 1. The fraction of sp³-hybridized carbons (Fsp3) is 0.500. The second-order valence-electron chi connectivity index (χ2n) is 5.49. The molecule has 0 aliphatic heterocycles. The summed E-state index contributed by atoms with van der Waals surface area (Å²) in [6, 6.07) is 3.38. The highest BCUT2D eigenvalue weighted by Crippen LogP contribution is 2.22. The van der Waals surface area contributed by atoms with E-state index in [-0.39, 0.29) is 5.75 Å². The largest absolute Gasteiger partial charge is 0.493 e. The van der Waals surface area contributed by atoms with Gasteiger partial charge < -0.3 is 15.2 Å². The lowest BCUT2D eigenvalue weighted by atomic mass is 9.98. The first-order valence-electron chi connectivity index (χ1n) is 6.79. The molecule has 0 fully saturated rings. The predicted molar refractivity (Wildman–Crippen MR) is 77.6 cm³/mol. The van der Waals surface area contributed by atoms with Crippen LogP contribution in [0.5, 0.6) is 5.75 Å². The van der Waals surface area contributed by atoms with E-state index < -0.39 is 28.1 Å². The van der Waals surface area contributed by atoms with E-state index in [1.807, 2.05) is 0 Å². The molecule has 0 bridgehead atoms. The quantitative estimate of drug-likeness (QED) is 0.435. The van der Waals surface area contributed by atoms with E-state index in [1.54, 1.807) is 13.8 Å². The van der Waals surface area contributed by atoms with Gasteiger partial charge in [-0.3, -0.25) is 10.1 Å². The maximum atomic E-state index is 13.4. The molecule has 1 aromatic rings. The number of hydrogen-bond acceptors (Lipinski definition) is 4. The van der Waals surface area contributed by atoms with Crippen molar-refractivity contribution in [1.82, 2.24) is 5.32 Å². The number of unbranched alkanes of at least 4 members (excludes halogenated alkanes) is 1. The zero-order valence-corrected chi connectivity index (χ0v) is 12.5. The summed E-state index contributed by atoms with van der Waals surface area (Å²) in [4.78, 5) is 20.3. The van der Waals surface area contributed by atoms with Gasteiger partial charge in [-0.05, 0) is 39.2 Å². The number of hydrogen-bond donors (Lipinski definition) is 2. The highest BCUT2D eigenvalue weighted by Gasteiger charge is 2.19. The van der Waals surface area contributed by atoms with Crippen LogP contribution in [0.25, 0.3) is 0 Å². The van der Waals surface area contributed by atoms with Gasteiger partial charge in [-0.15, -0.1) is 0 Å². The molecule has 0 aliphatic rings. The van der Waals surface area contributed by atoms with Crippen LogP contribution in [0.2, 0.25) is 0 Å². The topological polar surface area (TPSA) is 102 Å². The van der Waals surface area contributed by atoms with Gasteiger partial charge in [-0.1, -0.05) is 0 Å². The smallest absolute Gasteiger partial charge is 0.405 e. The van der Waals surface area contributed by atoms with Gasteiger partial charge in [0.15, 0.2) is 0 Å². The molecule has 0 atom stereocenters. The lowest BCUT2D eigenvalue weighted by Gasteiger charge is -2.24. The minimum Gasteiger partial charge on any atom is -0.493 e. The third-order valence-corrected chi connectivity index (χ3v) is 3.03. The van der Waals surface area contributed by atoms with Crippen molar-refractivity contribution in [2.75, 3.05) is 6.61 Å². The second-order valence-corrected chi connectivity index (χ2v) is 5.49. The van der Waals surface area contributed by atoms with E-state index in [2.05, 4.69) is 5.32 Å². The maximum absolute atomic E-state index is 13.4. The van der Waals surface area contributed by atoms with E-state index >= 15 is 0 Å². The Morgan fingerprint density at radius 3 is 2.68 bits per heavy atom. The van der Waals surface area contributed by atoms with Gasteiger partial charge in [-0.2, -0.15) is 4.39 Å². The highest BCUT2D eigenvalue weighted by atomic mass is 19.1. The molecule has 0 radical (unpaired) electrons. The summed E-state index contributed by atoms with van der Waals surface area (Å²) in [6.07, 6.45) is 0.950. The molecule has 122 valence electrons. The van der Waals surface area contributed by atoms with Crippen LogP contribution in [0, 0.1) is 15.9 Å². The summed E-state index contributed by atoms with van der Waals surface area (Å²) in [6.45, 7) is 3.89. The van der Waals surface area contributed by atoms with Gasteiger partial charge in [-0.25, -0.2) is 4.79 Å². The van der Waals surface area contributed by atoms with Crippen molar-refractivity contribution in [1.29, 1.82) is 0 Å². The number of nitro groups is 1. The monoisotopic (exact) mass is 314 g/mol. The van der Waals surface area contributed by atoms with Crippen molar-refractivity contribution in [2.24, 2.45) is 0 Å². The summed E-state index contributed by atoms with van der Waals surface area (Å²) in [7, 11) is 0. The number of halogens is 1. The molecule has 1 amide bonds. The fourth-order valence-corrected chi connectivity index (χ4v) is 1.94. The van der Waals surface area contributed by atoms with E-state index in [1.165, 1.54) is 6.07 Å². The predicted octanol–water partition coefficient (Wildman–Crippen LogP) is 3.33. The Hall–Kier alpha value is -2.38. The minimum atomic E-state index is -1.07. The molecule has 1 rings (SSSR count). The van der Waals surface area contributed by atoms with Crippen molar-refractivity contribution in [2.45, 2.75) is 38.6 Å². The van der Waals surface area contributed by atoms with Crippen LogP contribution >= 0.6 is 0 Å². The van der Waals surface area contributed by atoms with Crippen LogP contribution in [0.1, 0.15) is 33.1 Å². The number of nitrogens with one attached hydrogen (secondary N) is 1. The molecule has 0 aliphatic carbocycles. The summed E-state index contributed by atoms with van der Waals surface area (Å²) in [5.74, 6) is -0.708.